The number of hydrogen-bond acceptors (Lipinski definition) is 6. The molecule has 4 rings (SSSR count). The number of halogens is 3. The first-order valence-electron chi connectivity index (χ1n) is 9.81. The minimum Gasteiger partial charge on any atom is -0.492 e. The fraction of sp³-hybridized carbons (Fsp3) is 0.261. The number of alkyl halides is 3. The number of amides is 2. The lowest BCUT2D eigenvalue weighted by atomic mass is 9.83. The molecular formula is C23H18F3NO5S. The number of ketones is 1. The minimum absolute atomic E-state index is 0.0356. The van der Waals surface area contributed by atoms with Crippen molar-refractivity contribution in [1.29, 1.82) is 0 Å². The van der Waals surface area contributed by atoms with Crippen molar-refractivity contribution in [2.24, 2.45) is 0 Å². The summed E-state index contributed by atoms with van der Waals surface area (Å²) >= 11 is 0.692. The fourth-order valence-electron chi connectivity index (χ4n) is 3.65. The molecule has 0 aromatic heterocycles. The number of nitrogens with one attached hydrogen (secondary N) is 1. The van der Waals surface area contributed by atoms with Crippen LogP contribution in [0.15, 0.2) is 35.2 Å². The van der Waals surface area contributed by atoms with Crippen LogP contribution < -0.4 is 14.8 Å². The smallest absolute Gasteiger partial charge is 0.492 e. The van der Waals surface area contributed by atoms with Gasteiger partial charge in [0.2, 0.25) is 0 Å². The van der Waals surface area contributed by atoms with Gasteiger partial charge in [0.25, 0.3) is 11.1 Å². The van der Waals surface area contributed by atoms with E-state index in [2.05, 4.69) is 10.1 Å². The number of carbonyl (C=O) groups is 3. The lowest BCUT2D eigenvalue weighted by Gasteiger charge is -2.19. The van der Waals surface area contributed by atoms with Gasteiger partial charge in [-0.2, -0.15) is 0 Å². The zero-order chi connectivity index (χ0) is 24.1. The Bertz CT molecular complexity index is 1230. The molecule has 6 nitrogen and oxygen atoms in total. The molecule has 1 N–H and O–H groups in total. The van der Waals surface area contributed by atoms with Gasteiger partial charge in [-0.05, 0) is 54.6 Å². The van der Waals surface area contributed by atoms with E-state index < -0.39 is 28.7 Å². The number of rotatable bonds is 4. The quantitative estimate of drug-likeness (QED) is 0.466. The van der Waals surface area contributed by atoms with Crippen molar-refractivity contribution in [2.75, 3.05) is 6.61 Å². The van der Waals surface area contributed by atoms with Crippen molar-refractivity contribution < 1.29 is 37.0 Å². The first kappa shape index (κ1) is 22.9. The van der Waals surface area contributed by atoms with Crippen LogP contribution in [0.1, 0.15) is 42.3 Å². The standard InChI is InChI=1S/C23H18F3NO5S/c1-11(28)13-8-15(19-16(9-13)22(2,3)10-31-19)14-6-12(4-5-17(14)32-23(24,25)26)7-18-20(29)27-21(30)33-18/h4-9H,10H2,1-3H3,(H,27,29,30). The summed E-state index contributed by atoms with van der Waals surface area (Å²) in [6.07, 6.45) is -3.56. The molecule has 2 aliphatic rings. The van der Waals surface area contributed by atoms with E-state index in [4.69, 9.17) is 4.74 Å². The molecule has 2 heterocycles. The molecule has 2 aromatic rings. The van der Waals surface area contributed by atoms with E-state index in [1.54, 1.807) is 6.07 Å². The van der Waals surface area contributed by atoms with Gasteiger partial charge in [0, 0.05) is 27.7 Å². The van der Waals surface area contributed by atoms with E-state index in [1.165, 1.54) is 31.2 Å². The highest BCUT2D eigenvalue weighted by Gasteiger charge is 2.37. The molecule has 1 saturated heterocycles. The summed E-state index contributed by atoms with van der Waals surface area (Å²) in [7, 11) is 0. The predicted octanol–water partition coefficient (Wildman–Crippen LogP) is 5.45. The molecule has 0 saturated carbocycles. The van der Waals surface area contributed by atoms with Gasteiger partial charge in [0.15, 0.2) is 5.78 Å². The first-order chi connectivity index (χ1) is 15.3. The molecule has 0 atom stereocenters. The van der Waals surface area contributed by atoms with Crippen molar-refractivity contribution >= 4 is 34.8 Å². The fourth-order valence-corrected chi connectivity index (χ4v) is 4.34. The highest BCUT2D eigenvalue weighted by Crippen LogP contribution is 2.48. The number of carbonyl (C=O) groups excluding carboxylic acids is 3. The Balaban J connectivity index is 1.94. The normalized spacial score (nSPS) is 18.2. The van der Waals surface area contributed by atoms with Gasteiger partial charge >= 0.3 is 6.36 Å². The van der Waals surface area contributed by atoms with E-state index in [9.17, 15) is 27.6 Å². The zero-order valence-corrected chi connectivity index (χ0v) is 18.6. The van der Waals surface area contributed by atoms with Crippen molar-refractivity contribution in [3.63, 3.8) is 0 Å². The number of Topliss-reactive ketones (excluding diaryl/α,β-unsaturated/α-hetero) is 1. The van der Waals surface area contributed by atoms with Crippen LogP contribution in [-0.4, -0.2) is 29.9 Å². The summed E-state index contributed by atoms with van der Waals surface area (Å²) in [6.45, 7) is 5.48. The van der Waals surface area contributed by atoms with Gasteiger partial charge in [0.1, 0.15) is 11.5 Å². The summed E-state index contributed by atoms with van der Waals surface area (Å²) in [5.41, 5.74) is 1.23. The maximum Gasteiger partial charge on any atom is 0.573 e. The topological polar surface area (TPSA) is 81.7 Å². The van der Waals surface area contributed by atoms with Crippen LogP contribution >= 0.6 is 11.8 Å². The van der Waals surface area contributed by atoms with E-state index in [1.807, 2.05) is 13.8 Å². The Labute approximate surface area is 191 Å². The van der Waals surface area contributed by atoms with Gasteiger partial charge in [-0.25, -0.2) is 0 Å². The highest BCUT2D eigenvalue weighted by molar-refractivity contribution is 8.18. The van der Waals surface area contributed by atoms with Crippen LogP contribution in [0.25, 0.3) is 17.2 Å². The third-order valence-electron chi connectivity index (χ3n) is 5.26. The molecule has 10 heteroatoms. The predicted molar refractivity (Wildman–Crippen MR) is 116 cm³/mol. The monoisotopic (exact) mass is 477 g/mol. The largest absolute Gasteiger partial charge is 0.573 e. The van der Waals surface area contributed by atoms with Crippen molar-refractivity contribution in [2.45, 2.75) is 32.5 Å². The molecule has 172 valence electrons. The first-order valence-corrected chi connectivity index (χ1v) is 10.6. The molecule has 0 bridgehead atoms. The van der Waals surface area contributed by atoms with E-state index >= 15 is 0 Å². The number of ether oxygens (including phenoxy) is 2. The molecule has 0 spiro atoms. The van der Waals surface area contributed by atoms with Gasteiger partial charge in [0.05, 0.1) is 11.5 Å². The van der Waals surface area contributed by atoms with Crippen LogP contribution in [0.2, 0.25) is 0 Å². The Kier molecular flexibility index (Phi) is 5.52. The SMILES string of the molecule is CC(=O)c1cc(-c2cc(C=C3SC(=O)NC3=O)ccc2OC(F)(F)F)c2c(c1)C(C)(C)CO2. The summed E-state index contributed by atoms with van der Waals surface area (Å²) in [6, 6.07) is 7.03. The Morgan fingerprint density at radius 2 is 1.91 bits per heavy atom. The van der Waals surface area contributed by atoms with E-state index in [0.717, 1.165) is 6.07 Å². The summed E-state index contributed by atoms with van der Waals surface area (Å²) in [4.78, 5) is 35.6. The number of thioether (sulfide) groups is 1. The lowest BCUT2D eigenvalue weighted by Crippen LogP contribution is -2.18. The molecule has 0 unspecified atom stereocenters. The average Bonchev–Trinajstić information content (AvgIpc) is 3.18. The zero-order valence-electron chi connectivity index (χ0n) is 17.8. The maximum atomic E-state index is 13.2. The van der Waals surface area contributed by atoms with Gasteiger partial charge in [-0.3, -0.25) is 19.7 Å². The summed E-state index contributed by atoms with van der Waals surface area (Å²) in [5.74, 6) is -0.965. The van der Waals surface area contributed by atoms with Crippen LogP contribution in [0.3, 0.4) is 0 Å². The minimum atomic E-state index is -4.95. The molecule has 0 aliphatic carbocycles. The molecule has 2 amide bonds. The molecule has 0 radical (unpaired) electrons. The van der Waals surface area contributed by atoms with Gasteiger partial charge in [-0.1, -0.05) is 19.9 Å². The number of benzene rings is 2. The Morgan fingerprint density at radius 1 is 1.18 bits per heavy atom. The highest BCUT2D eigenvalue weighted by atomic mass is 32.2. The second-order valence-corrected chi connectivity index (χ2v) is 9.30. The maximum absolute atomic E-state index is 13.2. The van der Waals surface area contributed by atoms with Crippen LogP contribution in [0.4, 0.5) is 18.0 Å². The van der Waals surface area contributed by atoms with Crippen LogP contribution in [0.5, 0.6) is 11.5 Å². The number of hydrogen-bond donors (Lipinski definition) is 1. The van der Waals surface area contributed by atoms with Gasteiger partial charge < -0.3 is 9.47 Å². The molecule has 2 aromatic carbocycles. The summed E-state index contributed by atoms with van der Waals surface area (Å²) < 4.78 is 49.6. The van der Waals surface area contributed by atoms with Crippen LogP contribution in [0, 0.1) is 0 Å². The van der Waals surface area contributed by atoms with Crippen molar-refractivity contribution in [3.05, 3.63) is 51.9 Å². The van der Waals surface area contributed by atoms with Crippen molar-refractivity contribution in [1.82, 2.24) is 5.32 Å². The number of imide groups is 1. The lowest BCUT2D eigenvalue weighted by molar-refractivity contribution is -0.274. The molecule has 2 aliphatic heterocycles. The second-order valence-electron chi connectivity index (χ2n) is 8.28. The van der Waals surface area contributed by atoms with Gasteiger partial charge in [-0.15, -0.1) is 13.2 Å². The average molecular weight is 477 g/mol. The third-order valence-corrected chi connectivity index (χ3v) is 6.07. The summed E-state index contributed by atoms with van der Waals surface area (Å²) in [5, 5.41) is 1.59. The van der Waals surface area contributed by atoms with Crippen molar-refractivity contribution in [3.8, 4) is 22.6 Å². The van der Waals surface area contributed by atoms with Crippen LogP contribution in [-0.2, 0) is 10.2 Å². The number of fused-ring (bicyclic) bond motifs is 1. The second kappa shape index (κ2) is 7.95. The molecule has 1 fully saturated rings. The van der Waals surface area contributed by atoms with E-state index in [0.29, 0.717) is 34.2 Å². The third kappa shape index (κ3) is 4.61. The van der Waals surface area contributed by atoms with E-state index in [-0.39, 0.29) is 28.4 Å². The molecule has 33 heavy (non-hydrogen) atoms. The Morgan fingerprint density at radius 3 is 2.52 bits per heavy atom. The Hall–Kier alpha value is -3.27. The molecular weight excluding hydrogens is 459 g/mol.